The molecule has 0 bridgehead atoms. The molecule has 3 heterocycles. The first-order chi connectivity index (χ1) is 16.3. The van der Waals surface area contributed by atoms with Crippen LogP contribution in [0.2, 0.25) is 0 Å². The summed E-state index contributed by atoms with van der Waals surface area (Å²) in [5.41, 5.74) is 3.61. The number of anilines is 1. The number of fused-ring (bicyclic) bond motifs is 1. The van der Waals surface area contributed by atoms with Crippen LogP contribution in [0.25, 0.3) is 37.6 Å². The van der Waals surface area contributed by atoms with Crippen molar-refractivity contribution < 1.29 is 4.74 Å². The third-order valence-electron chi connectivity index (χ3n) is 4.95. The highest BCUT2D eigenvalue weighted by atomic mass is 32.1. The Morgan fingerprint density at radius 1 is 1.15 bits per heavy atom. The molecule has 0 unspecified atom stereocenters. The standard InChI is InChI=1S/C26H25N5OS/c1-4-5-13-20(27-2)24-30-25(29-16-17-32-3)22-21(19-14-9-10-15-28-19)23(33-26(22)31-24)18-11-7-6-8-12-18/h4-15H,2,16-17H2,1,3H3,(H,29,30,31)/b5-4-,20-13-. The second kappa shape index (κ2) is 10.8. The average molecular weight is 456 g/mol. The number of nitrogens with one attached hydrogen (secondary N) is 1. The summed E-state index contributed by atoms with van der Waals surface area (Å²) in [5.74, 6) is 1.24. The number of pyridine rings is 1. The highest BCUT2D eigenvalue weighted by Gasteiger charge is 2.22. The zero-order valence-corrected chi connectivity index (χ0v) is 19.5. The van der Waals surface area contributed by atoms with Crippen LogP contribution in [0.1, 0.15) is 12.7 Å². The van der Waals surface area contributed by atoms with Gasteiger partial charge in [0.25, 0.3) is 0 Å². The van der Waals surface area contributed by atoms with Gasteiger partial charge in [0.2, 0.25) is 0 Å². The van der Waals surface area contributed by atoms with Gasteiger partial charge in [-0.15, -0.1) is 11.3 Å². The number of rotatable bonds is 9. The number of allylic oxidation sites excluding steroid dienone is 3. The average Bonchev–Trinajstić information content (AvgIpc) is 3.25. The van der Waals surface area contributed by atoms with E-state index in [-0.39, 0.29) is 0 Å². The molecule has 0 spiro atoms. The quantitative estimate of drug-likeness (QED) is 0.188. The molecule has 4 aromatic rings. The fourth-order valence-electron chi connectivity index (χ4n) is 3.45. The zero-order valence-electron chi connectivity index (χ0n) is 18.7. The largest absolute Gasteiger partial charge is 0.383 e. The van der Waals surface area contributed by atoms with E-state index in [1.807, 2.05) is 61.5 Å². The van der Waals surface area contributed by atoms with Crippen molar-refractivity contribution in [3.8, 4) is 21.7 Å². The van der Waals surface area contributed by atoms with Gasteiger partial charge < -0.3 is 10.1 Å². The molecular formula is C26H25N5OS. The first-order valence-corrected chi connectivity index (χ1v) is 11.4. The molecule has 0 fully saturated rings. The van der Waals surface area contributed by atoms with E-state index in [9.17, 15) is 0 Å². The van der Waals surface area contributed by atoms with Crippen molar-refractivity contribution in [3.05, 3.63) is 78.8 Å². The molecular weight excluding hydrogens is 430 g/mol. The summed E-state index contributed by atoms with van der Waals surface area (Å²) in [6.07, 6.45) is 7.50. The Morgan fingerprint density at radius 3 is 2.67 bits per heavy atom. The van der Waals surface area contributed by atoms with E-state index in [4.69, 9.17) is 14.7 Å². The zero-order chi connectivity index (χ0) is 23.0. The fraction of sp³-hybridized carbons (Fsp3) is 0.154. The number of hydrogen-bond acceptors (Lipinski definition) is 7. The second-order valence-corrected chi connectivity index (χ2v) is 8.12. The van der Waals surface area contributed by atoms with E-state index in [2.05, 4.69) is 34.1 Å². The number of aliphatic imine (C=N–C) groups is 1. The summed E-state index contributed by atoms with van der Waals surface area (Å²) in [5, 5.41) is 4.37. The Labute approximate surface area is 197 Å². The highest BCUT2D eigenvalue weighted by Crippen LogP contribution is 2.46. The minimum absolute atomic E-state index is 0.518. The van der Waals surface area contributed by atoms with Gasteiger partial charge in [-0.2, -0.15) is 0 Å². The molecule has 1 N–H and O–H groups in total. The number of methoxy groups -OCH3 is 1. The van der Waals surface area contributed by atoms with Crippen LogP contribution in [0.5, 0.6) is 0 Å². The van der Waals surface area contributed by atoms with E-state index in [1.54, 1.807) is 24.6 Å². The van der Waals surface area contributed by atoms with Gasteiger partial charge in [-0.05, 0) is 37.4 Å². The molecule has 0 aliphatic rings. The first-order valence-electron chi connectivity index (χ1n) is 10.6. The molecule has 0 atom stereocenters. The summed E-state index contributed by atoms with van der Waals surface area (Å²) in [6, 6.07) is 16.2. The Hall–Kier alpha value is -3.68. The molecule has 166 valence electrons. The van der Waals surface area contributed by atoms with Crippen molar-refractivity contribution in [1.82, 2.24) is 15.0 Å². The molecule has 7 heteroatoms. The summed E-state index contributed by atoms with van der Waals surface area (Å²) in [6.45, 7) is 6.82. The number of thiophene rings is 1. The van der Waals surface area contributed by atoms with Crippen LogP contribution in [0, 0.1) is 0 Å². The van der Waals surface area contributed by atoms with Crippen LogP contribution in [0.4, 0.5) is 5.82 Å². The number of ether oxygens (including phenoxy) is 1. The lowest BCUT2D eigenvalue weighted by atomic mass is 10.0. The summed E-state index contributed by atoms with van der Waals surface area (Å²) in [4.78, 5) is 20.5. The number of benzene rings is 1. The highest BCUT2D eigenvalue weighted by molar-refractivity contribution is 7.22. The Balaban J connectivity index is 2.02. The van der Waals surface area contributed by atoms with Gasteiger partial charge >= 0.3 is 0 Å². The molecule has 0 radical (unpaired) electrons. The number of nitrogens with zero attached hydrogens (tertiary/aromatic N) is 4. The van der Waals surface area contributed by atoms with E-state index < -0.39 is 0 Å². The lowest BCUT2D eigenvalue weighted by molar-refractivity contribution is 0.210. The monoisotopic (exact) mass is 455 g/mol. The maximum atomic E-state index is 5.25. The van der Waals surface area contributed by atoms with Crippen LogP contribution >= 0.6 is 11.3 Å². The molecule has 6 nitrogen and oxygen atoms in total. The van der Waals surface area contributed by atoms with Crippen LogP contribution in [0.3, 0.4) is 0 Å². The maximum absolute atomic E-state index is 5.25. The molecule has 33 heavy (non-hydrogen) atoms. The van der Waals surface area contributed by atoms with Gasteiger partial charge in [0.1, 0.15) is 16.3 Å². The lowest BCUT2D eigenvalue weighted by Crippen LogP contribution is -2.10. The molecule has 0 saturated heterocycles. The molecule has 0 saturated carbocycles. The predicted octanol–water partition coefficient (Wildman–Crippen LogP) is 6.10. The normalized spacial score (nSPS) is 11.9. The minimum Gasteiger partial charge on any atom is -0.383 e. The summed E-state index contributed by atoms with van der Waals surface area (Å²) in [7, 11) is 1.68. The smallest absolute Gasteiger partial charge is 0.181 e. The minimum atomic E-state index is 0.518. The number of aromatic nitrogens is 3. The van der Waals surface area contributed by atoms with Crippen LogP contribution in [-0.4, -0.2) is 41.9 Å². The molecule has 0 amide bonds. The lowest BCUT2D eigenvalue weighted by Gasteiger charge is -2.11. The van der Waals surface area contributed by atoms with E-state index in [0.29, 0.717) is 24.7 Å². The predicted molar refractivity (Wildman–Crippen MR) is 139 cm³/mol. The third-order valence-corrected chi connectivity index (χ3v) is 6.09. The van der Waals surface area contributed by atoms with Crippen LogP contribution in [-0.2, 0) is 4.74 Å². The van der Waals surface area contributed by atoms with Crippen molar-refractivity contribution in [1.29, 1.82) is 0 Å². The Kier molecular flexibility index (Phi) is 7.34. The van der Waals surface area contributed by atoms with Crippen molar-refractivity contribution in [3.63, 3.8) is 0 Å². The molecule has 3 aromatic heterocycles. The fourth-order valence-corrected chi connectivity index (χ4v) is 4.64. The van der Waals surface area contributed by atoms with E-state index >= 15 is 0 Å². The van der Waals surface area contributed by atoms with Gasteiger partial charge in [-0.1, -0.05) is 48.6 Å². The SMILES string of the molecule is C=N/C(=C\C=C/C)c1nc(NCCOC)c2c(-c3ccccn3)c(-c3ccccc3)sc2n1. The van der Waals surface area contributed by atoms with Crippen molar-refractivity contribution >= 4 is 39.8 Å². The number of hydrogen-bond donors (Lipinski definition) is 1. The molecule has 4 rings (SSSR count). The van der Waals surface area contributed by atoms with E-state index in [1.165, 1.54) is 0 Å². The van der Waals surface area contributed by atoms with E-state index in [0.717, 1.165) is 37.7 Å². The van der Waals surface area contributed by atoms with Gasteiger partial charge in [0.05, 0.1) is 17.7 Å². The summed E-state index contributed by atoms with van der Waals surface area (Å²) < 4.78 is 5.25. The Bertz CT molecular complexity index is 1300. The summed E-state index contributed by atoms with van der Waals surface area (Å²) >= 11 is 1.62. The topological polar surface area (TPSA) is 72.3 Å². The maximum Gasteiger partial charge on any atom is 0.181 e. The molecule has 1 aromatic carbocycles. The third kappa shape index (κ3) is 4.89. The molecule has 0 aliphatic carbocycles. The van der Waals surface area contributed by atoms with Crippen molar-refractivity contribution in [2.75, 3.05) is 25.6 Å². The van der Waals surface area contributed by atoms with Gasteiger partial charge in [-0.3, -0.25) is 9.98 Å². The van der Waals surface area contributed by atoms with Crippen LogP contribution < -0.4 is 5.32 Å². The first kappa shape index (κ1) is 22.5. The van der Waals surface area contributed by atoms with Crippen molar-refractivity contribution in [2.24, 2.45) is 4.99 Å². The van der Waals surface area contributed by atoms with Crippen LogP contribution in [0.15, 0.2) is 77.9 Å². The van der Waals surface area contributed by atoms with Crippen molar-refractivity contribution in [2.45, 2.75) is 6.92 Å². The molecule has 0 aliphatic heterocycles. The van der Waals surface area contributed by atoms with Gasteiger partial charge in [-0.25, -0.2) is 9.97 Å². The Morgan fingerprint density at radius 2 is 1.97 bits per heavy atom. The van der Waals surface area contributed by atoms with Gasteiger partial charge in [0, 0.05) is 30.3 Å². The van der Waals surface area contributed by atoms with Gasteiger partial charge in [0.15, 0.2) is 5.82 Å². The second-order valence-electron chi connectivity index (χ2n) is 7.12.